The summed E-state index contributed by atoms with van der Waals surface area (Å²) in [5, 5.41) is 7.11. The lowest BCUT2D eigenvalue weighted by atomic mass is 9.77. The summed E-state index contributed by atoms with van der Waals surface area (Å²) in [6.07, 6.45) is 9.29. The highest BCUT2D eigenvalue weighted by atomic mass is 16.5. The van der Waals surface area contributed by atoms with Crippen LogP contribution < -0.4 is 14.8 Å². The highest BCUT2D eigenvalue weighted by Crippen LogP contribution is 2.37. The summed E-state index contributed by atoms with van der Waals surface area (Å²) in [6.45, 7) is 2.42. The monoisotopic (exact) mass is 644 g/mol. The first-order valence-corrected chi connectivity index (χ1v) is 16.7. The Kier molecular flexibility index (Phi) is 10.3. The van der Waals surface area contributed by atoms with Crippen molar-refractivity contribution in [2.45, 2.75) is 70.3 Å². The number of fused-ring (bicyclic) bond motifs is 6. The number of aromatic nitrogens is 3. The number of hydrogen-bond acceptors (Lipinski definition) is 9. The van der Waals surface area contributed by atoms with Crippen molar-refractivity contribution in [3.8, 4) is 22.9 Å². The van der Waals surface area contributed by atoms with Gasteiger partial charge in [0.25, 0.3) is 0 Å². The molecule has 1 N–H and O–H groups in total. The topological polar surface area (TPSA) is 140 Å². The molecule has 0 saturated carbocycles. The fourth-order valence-electron chi connectivity index (χ4n) is 7.45. The number of aryl methyl sites for hydroxylation is 3. The van der Waals surface area contributed by atoms with Crippen LogP contribution in [0, 0.1) is 11.8 Å². The average Bonchev–Trinajstić information content (AvgIpc) is 3.57. The Morgan fingerprint density at radius 1 is 1.02 bits per heavy atom. The number of amides is 3. The third kappa shape index (κ3) is 7.74. The molecule has 4 bridgehead atoms. The van der Waals surface area contributed by atoms with Gasteiger partial charge in [-0.1, -0.05) is 11.2 Å². The molecule has 1 aromatic carbocycles. The predicted octanol–water partition coefficient (Wildman–Crippen LogP) is 3.62. The molecule has 5 heterocycles. The minimum Gasteiger partial charge on any atom is -0.493 e. The molecule has 3 aliphatic heterocycles. The first kappa shape index (κ1) is 32.5. The van der Waals surface area contributed by atoms with Crippen LogP contribution in [0.25, 0.3) is 11.4 Å². The van der Waals surface area contributed by atoms with Crippen LogP contribution in [0.15, 0.2) is 41.2 Å². The number of methoxy groups -OCH3 is 2. The Labute approximate surface area is 275 Å². The number of hydrogen-bond donors (Lipinski definition) is 1. The molecule has 0 aliphatic carbocycles. The SMILES string of the molecule is COc1cc2cc(c1OC)CCCNC(=O)CCC[C@H]1[C@H]3C[C@@H](CN(C(=O)CCc4nc(-c5ccncc5)no4)C3)CN1C(=O)CC2. The van der Waals surface area contributed by atoms with Gasteiger partial charge in [-0.15, -0.1) is 0 Å². The van der Waals surface area contributed by atoms with Crippen molar-refractivity contribution < 1.29 is 28.4 Å². The zero-order valence-electron chi connectivity index (χ0n) is 27.3. The molecule has 2 fully saturated rings. The van der Waals surface area contributed by atoms with Crippen LogP contribution in [0.2, 0.25) is 0 Å². The van der Waals surface area contributed by atoms with Crippen molar-refractivity contribution in [1.82, 2.24) is 30.2 Å². The highest BCUT2D eigenvalue weighted by molar-refractivity contribution is 5.78. The lowest BCUT2D eigenvalue weighted by molar-refractivity contribution is -0.145. The smallest absolute Gasteiger partial charge is 0.227 e. The Balaban J connectivity index is 1.13. The number of ether oxygens (including phenoxy) is 2. The van der Waals surface area contributed by atoms with E-state index in [-0.39, 0.29) is 42.0 Å². The summed E-state index contributed by atoms with van der Waals surface area (Å²) in [7, 11) is 3.26. The van der Waals surface area contributed by atoms with Gasteiger partial charge < -0.3 is 29.1 Å². The second-order valence-electron chi connectivity index (χ2n) is 12.9. The van der Waals surface area contributed by atoms with Crippen molar-refractivity contribution in [1.29, 1.82) is 0 Å². The van der Waals surface area contributed by atoms with Gasteiger partial charge in [0.2, 0.25) is 29.4 Å². The largest absolute Gasteiger partial charge is 0.493 e. The number of piperidine rings is 2. The van der Waals surface area contributed by atoms with Gasteiger partial charge in [0.1, 0.15) is 0 Å². The molecule has 3 atom stereocenters. The normalized spacial score (nSPS) is 22.3. The maximum atomic E-state index is 13.9. The molecule has 47 heavy (non-hydrogen) atoms. The molecule has 3 aliphatic rings. The molecule has 3 aromatic rings. The van der Waals surface area contributed by atoms with Crippen molar-refractivity contribution in [2.75, 3.05) is 40.4 Å². The highest BCUT2D eigenvalue weighted by Gasteiger charge is 2.43. The van der Waals surface area contributed by atoms with Crippen LogP contribution in [-0.4, -0.2) is 89.1 Å². The van der Waals surface area contributed by atoms with E-state index in [1.165, 1.54) is 0 Å². The number of nitrogens with zero attached hydrogens (tertiary/aromatic N) is 5. The van der Waals surface area contributed by atoms with E-state index in [9.17, 15) is 14.4 Å². The molecule has 0 radical (unpaired) electrons. The first-order valence-electron chi connectivity index (χ1n) is 16.7. The van der Waals surface area contributed by atoms with Crippen LogP contribution >= 0.6 is 0 Å². The number of carbonyl (C=O) groups excluding carboxylic acids is 3. The summed E-state index contributed by atoms with van der Waals surface area (Å²) in [4.78, 5) is 52.5. The minimum absolute atomic E-state index is 0.0186. The Morgan fingerprint density at radius 2 is 1.87 bits per heavy atom. The number of pyridine rings is 1. The van der Waals surface area contributed by atoms with Crippen LogP contribution in [-0.2, 0) is 33.6 Å². The van der Waals surface area contributed by atoms with Crippen LogP contribution in [0.1, 0.15) is 62.0 Å². The van der Waals surface area contributed by atoms with Gasteiger partial charge in [-0.2, -0.15) is 4.98 Å². The van der Waals surface area contributed by atoms with Crippen LogP contribution in [0.4, 0.5) is 0 Å². The average molecular weight is 645 g/mol. The molecular weight excluding hydrogens is 600 g/mol. The second kappa shape index (κ2) is 15.0. The number of benzene rings is 1. The van der Waals surface area contributed by atoms with E-state index in [4.69, 9.17) is 14.0 Å². The van der Waals surface area contributed by atoms with Gasteiger partial charge in [0.05, 0.1) is 14.2 Å². The van der Waals surface area contributed by atoms with Crippen LogP contribution in [0.3, 0.4) is 0 Å². The van der Waals surface area contributed by atoms with Crippen molar-refractivity contribution in [2.24, 2.45) is 11.8 Å². The molecule has 12 heteroatoms. The van der Waals surface area contributed by atoms with Gasteiger partial charge in [0.15, 0.2) is 11.5 Å². The number of rotatable bonds is 6. The number of carbonyl (C=O) groups is 3. The summed E-state index contributed by atoms with van der Waals surface area (Å²) in [6, 6.07) is 7.66. The molecule has 12 nitrogen and oxygen atoms in total. The minimum atomic E-state index is -0.0186. The molecule has 250 valence electrons. The fraction of sp³-hybridized carbons (Fsp3) is 0.543. The van der Waals surface area contributed by atoms with Gasteiger partial charge in [-0.05, 0) is 79.7 Å². The van der Waals surface area contributed by atoms with Gasteiger partial charge in [-0.25, -0.2) is 0 Å². The fourth-order valence-corrected chi connectivity index (χ4v) is 7.45. The van der Waals surface area contributed by atoms with E-state index in [0.29, 0.717) is 81.5 Å². The molecular formula is C35H44N6O6. The second-order valence-corrected chi connectivity index (χ2v) is 12.9. The molecule has 0 spiro atoms. The maximum absolute atomic E-state index is 13.9. The maximum Gasteiger partial charge on any atom is 0.227 e. The third-order valence-electron chi connectivity index (χ3n) is 9.69. The van der Waals surface area contributed by atoms with E-state index in [2.05, 4.69) is 31.4 Å². The Bertz CT molecular complexity index is 1560. The quantitative estimate of drug-likeness (QED) is 0.426. The van der Waals surface area contributed by atoms with E-state index in [1.807, 2.05) is 23.1 Å². The standard InChI is InChI=1S/C35H44N6O6/c1-45-29-19-23-8-10-33(44)41-21-24-18-27(28(41)6-3-7-30(42)37-14-4-5-26(17-23)34(29)46-2)22-40(20-24)32(43)11-9-31-38-35(39-47-31)25-12-15-36-16-13-25/h12-13,15-17,19,24,27-28H,3-11,14,18,20-22H2,1-2H3,(H,37,42)/t24-,27-,28-/m0/s1. The molecule has 2 aromatic heterocycles. The Morgan fingerprint density at radius 3 is 2.68 bits per heavy atom. The summed E-state index contributed by atoms with van der Waals surface area (Å²) >= 11 is 0. The van der Waals surface area contributed by atoms with Gasteiger partial charge in [-0.3, -0.25) is 19.4 Å². The Hall–Kier alpha value is -4.48. The summed E-state index contributed by atoms with van der Waals surface area (Å²) in [5.74, 6) is 2.83. The van der Waals surface area contributed by atoms with E-state index in [0.717, 1.165) is 42.4 Å². The molecule has 6 rings (SSSR count). The molecule has 2 saturated heterocycles. The lowest BCUT2D eigenvalue weighted by Gasteiger charge is -2.51. The number of nitrogens with one attached hydrogen (secondary N) is 1. The summed E-state index contributed by atoms with van der Waals surface area (Å²) < 4.78 is 16.7. The molecule has 3 amide bonds. The van der Waals surface area contributed by atoms with Crippen molar-refractivity contribution in [3.63, 3.8) is 0 Å². The van der Waals surface area contributed by atoms with E-state index >= 15 is 0 Å². The zero-order chi connectivity index (χ0) is 32.8. The van der Waals surface area contributed by atoms with Crippen molar-refractivity contribution >= 4 is 17.7 Å². The first-order chi connectivity index (χ1) is 22.9. The van der Waals surface area contributed by atoms with Crippen LogP contribution in [0.5, 0.6) is 11.5 Å². The summed E-state index contributed by atoms with van der Waals surface area (Å²) in [5.41, 5.74) is 2.85. The van der Waals surface area contributed by atoms with Gasteiger partial charge >= 0.3 is 0 Å². The van der Waals surface area contributed by atoms with Crippen molar-refractivity contribution in [3.05, 3.63) is 53.7 Å². The third-order valence-corrected chi connectivity index (χ3v) is 9.69. The zero-order valence-corrected chi connectivity index (χ0v) is 27.3. The van der Waals surface area contributed by atoms with E-state index in [1.54, 1.807) is 26.6 Å². The predicted molar refractivity (Wildman–Crippen MR) is 173 cm³/mol. The number of likely N-dealkylation sites (tertiary alicyclic amines) is 1. The lowest BCUT2D eigenvalue weighted by Crippen LogP contribution is -2.60. The van der Waals surface area contributed by atoms with Gasteiger partial charge in [0, 0.05) is 75.9 Å². The van der Waals surface area contributed by atoms with E-state index < -0.39 is 0 Å². The molecule has 0 unspecified atom stereocenters.